The summed E-state index contributed by atoms with van der Waals surface area (Å²) in [6, 6.07) is 9.95. The second kappa shape index (κ2) is 38.7. The van der Waals surface area contributed by atoms with Gasteiger partial charge >= 0.3 is 30.8 Å². The lowest BCUT2D eigenvalue weighted by atomic mass is 9.85. The summed E-state index contributed by atoms with van der Waals surface area (Å²) in [7, 11) is 25.0. The molecule has 0 spiro atoms. The van der Waals surface area contributed by atoms with E-state index in [1.54, 1.807) is 53.0 Å². The number of carbonyl (C=O) groups excluding carboxylic acids is 1. The third kappa shape index (κ3) is 21.9. The van der Waals surface area contributed by atoms with E-state index in [-0.39, 0.29) is 54.7 Å². The first-order valence-corrected chi connectivity index (χ1v) is 58.1. The Morgan fingerprint density at radius 2 is 1.10 bits per heavy atom. The molecule has 45 heteroatoms. The maximum absolute atomic E-state index is 15.1. The van der Waals surface area contributed by atoms with E-state index in [1.807, 2.05) is 16.9 Å². The van der Waals surface area contributed by atoms with Gasteiger partial charge in [0.15, 0.2) is 37.2 Å². The molecule has 3 saturated heterocycles. The lowest BCUT2D eigenvalue weighted by molar-refractivity contribution is -0.149. The highest BCUT2D eigenvalue weighted by molar-refractivity contribution is 9.31. The Morgan fingerprint density at radius 3 is 1.43 bits per heavy atom. The van der Waals surface area contributed by atoms with Crippen LogP contribution >= 0.6 is 145 Å². The van der Waals surface area contributed by atoms with E-state index in [2.05, 4.69) is 110 Å². The van der Waals surface area contributed by atoms with Crippen molar-refractivity contribution in [1.82, 2.24) is 33.7 Å². The molecular formula is C47H77F3N7O17P18-. The number of aromatic nitrogens is 6. The zero-order chi connectivity index (χ0) is 69.5. The van der Waals surface area contributed by atoms with E-state index in [0.29, 0.717) is 6.42 Å². The summed E-state index contributed by atoms with van der Waals surface area (Å²) in [5.41, 5.74) is -8.83. The van der Waals surface area contributed by atoms with Crippen LogP contribution in [0.3, 0.4) is 0 Å². The third-order valence-electron chi connectivity index (χ3n) is 13.6. The van der Waals surface area contributed by atoms with Crippen molar-refractivity contribution in [2.45, 2.75) is 119 Å². The van der Waals surface area contributed by atoms with Crippen LogP contribution in [0.25, 0.3) is 0 Å². The van der Waals surface area contributed by atoms with Crippen LogP contribution in [-0.2, 0) is 32.8 Å². The number of aromatic amines is 3. The van der Waals surface area contributed by atoms with Crippen LogP contribution in [0.5, 0.6) is 5.75 Å². The molecule has 3 aromatic heterocycles. The number of nitrogens with one attached hydrogen (secondary N) is 4. The molecule has 0 saturated carbocycles. The van der Waals surface area contributed by atoms with Gasteiger partial charge in [-0.25, -0.2) is 32.1 Å². The molecule has 7 rings (SSSR count). The summed E-state index contributed by atoms with van der Waals surface area (Å²) in [5.74, 6) is -1.02. The minimum Gasteiger partial charge on any atom is -0.471 e. The first-order chi connectivity index (χ1) is 43.0. The second-order valence-corrected chi connectivity index (χ2v) is 85.2. The maximum Gasteiger partial charge on any atom is 0.459 e. The van der Waals surface area contributed by atoms with Crippen molar-refractivity contribution < 1.29 is 65.8 Å². The number of H-pyrrole nitrogens is 3. The van der Waals surface area contributed by atoms with Gasteiger partial charge in [0.2, 0.25) is 0 Å². The standard InChI is InChI=1S/C23H29FN3O9P.C13H17FN2O3.C11H13FN2O5.H18P17/c1-5-23(19(29)18(24)20(35-23)27-12-11-17(28)25-22(27)31)13-33-37(32,36-16-9-7-6-8-10-16)26-15(4)21(30)34-14(2)3;1-4-13(5-2)8(3)10(14)11(19-13)16-7-6-9(17)15-12(16)18;1-2-11(5-15)8(17)7(12)9(19-11)14-4-3-6(16)13-10(14)18;1-10-15(11(2)3)17(14(8)9)16(12(4)5)13(6)7/h5-12,14-15,18-20,29H,1,13H2,2-4H3,(H,26,32)(H,25,28,31);4,6-8,10-11H,1,5H2,2-3H3,(H,15,17,18);2-4,7-9,15,17H,1,5H2,(H,13,16,18);1-9H2/q;;;-1/t15-,18+,19-,20+,23+,37?;8-,10+,11+,13+;7-,8+,9-,11-;/m001./s1. The van der Waals surface area contributed by atoms with E-state index in [0.717, 1.165) is 50.4 Å². The summed E-state index contributed by atoms with van der Waals surface area (Å²) in [6.45, 7) is 18.2. The highest BCUT2D eigenvalue weighted by Gasteiger charge is 2.57. The molecule has 514 valence electrons. The molecule has 0 bridgehead atoms. The van der Waals surface area contributed by atoms with Crippen LogP contribution in [0.1, 0.15) is 59.7 Å². The Bertz CT molecular complexity index is 3420. The highest BCUT2D eigenvalue weighted by Crippen LogP contribution is 3.25. The predicted molar refractivity (Wildman–Crippen MR) is 404 cm³/mol. The monoisotopic (exact) mass is 1630 g/mol. The molecule has 0 amide bonds. The number of carbonyl (C=O) groups is 1. The number of benzene rings is 1. The summed E-state index contributed by atoms with van der Waals surface area (Å²) in [4.78, 5) is 87.1. The molecule has 3 fully saturated rings. The van der Waals surface area contributed by atoms with Crippen LogP contribution in [0, 0.1) is 5.92 Å². The fourth-order valence-electron chi connectivity index (χ4n) is 8.77. The van der Waals surface area contributed by atoms with Gasteiger partial charge < -0.3 is 46.7 Å². The molecule has 1 aromatic carbocycles. The number of aliphatic hydroxyl groups is 3. The molecule has 0 radical (unpaired) electrons. The Labute approximate surface area is 559 Å². The van der Waals surface area contributed by atoms with E-state index >= 15 is 4.39 Å². The van der Waals surface area contributed by atoms with Crippen LogP contribution in [0.2, 0.25) is 0 Å². The van der Waals surface area contributed by atoms with Crippen molar-refractivity contribution in [2.75, 3.05) is 13.2 Å². The average Bonchev–Trinajstić information content (AvgIpc) is 2.96. The largest absolute Gasteiger partial charge is 0.471 e. The maximum atomic E-state index is 15.1. The van der Waals surface area contributed by atoms with Crippen molar-refractivity contribution in [3.8, 4) is 5.75 Å². The van der Waals surface area contributed by atoms with E-state index < -0.39 is 145 Å². The first kappa shape index (κ1) is 85.2. The first-order valence-electron chi connectivity index (χ1n) is 26.8. The number of halogens is 3. The summed E-state index contributed by atoms with van der Waals surface area (Å²) >= 11 is 0. The average molecular weight is 1630 g/mol. The van der Waals surface area contributed by atoms with Crippen molar-refractivity contribution in [3.63, 3.8) is 0 Å². The molecule has 92 heavy (non-hydrogen) atoms. The number of nitrogens with zero attached hydrogens (tertiary/aromatic N) is 3. The molecule has 6 heterocycles. The normalized spacial score (nSPS) is 27.8. The lowest BCUT2D eigenvalue weighted by Gasteiger charge is -2.48. The molecule has 24 nitrogen and oxygen atoms in total. The zero-order valence-electron chi connectivity index (χ0n) is 49.9. The molecule has 7 N–H and O–H groups in total. The number of hydrogen-bond acceptors (Lipinski definition) is 17. The number of ether oxygens (including phenoxy) is 4. The van der Waals surface area contributed by atoms with E-state index in [4.69, 9.17) is 28.0 Å². The minimum atomic E-state index is -4.39. The van der Waals surface area contributed by atoms with Crippen molar-refractivity contribution in [1.29, 1.82) is 0 Å². The third-order valence-corrected chi connectivity index (χ3v) is 115. The predicted octanol–water partition coefficient (Wildman–Crippen LogP) is 11.7. The van der Waals surface area contributed by atoms with Crippen LogP contribution in [-0.4, -0.2) is 123 Å². The topological polar surface area (TPSA) is 327 Å². The molecule has 0 aliphatic carbocycles. The van der Waals surface area contributed by atoms with Gasteiger partial charge in [-0.15, -0.1) is 91.2 Å². The number of esters is 1. The van der Waals surface area contributed by atoms with Gasteiger partial charge in [-0.1, -0.05) is 57.3 Å². The van der Waals surface area contributed by atoms with Crippen LogP contribution in [0.4, 0.5) is 13.2 Å². The van der Waals surface area contributed by atoms with Gasteiger partial charge in [-0.05, 0) is 74.3 Å². The van der Waals surface area contributed by atoms with Crippen LogP contribution in [0.15, 0.2) is 134 Å². The summed E-state index contributed by atoms with van der Waals surface area (Å²) < 4.78 is 92.7. The Hall–Kier alpha value is 0.760. The Kier molecular flexibility index (Phi) is 35.8. The number of hydrogen-bond donors (Lipinski definition) is 7. The number of aliphatic hydroxyl groups excluding tert-OH is 3. The molecule has 4 aromatic rings. The fourth-order valence-corrected chi connectivity index (χ4v) is 194. The quantitative estimate of drug-likeness (QED) is 0.0195. The van der Waals surface area contributed by atoms with Crippen molar-refractivity contribution >= 4 is 151 Å². The fraction of sp³-hybridized carbons (Fsp3) is 0.468. The molecule has 12 unspecified atom stereocenters. The van der Waals surface area contributed by atoms with E-state index in [1.165, 1.54) is 31.3 Å². The van der Waals surface area contributed by atoms with Gasteiger partial charge in [-0.2, -0.15) is 12.1 Å². The number of para-hydroxylation sites is 1. The van der Waals surface area contributed by atoms with E-state index in [9.17, 15) is 62.2 Å². The van der Waals surface area contributed by atoms with Gasteiger partial charge in [-0.3, -0.25) is 61.3 Å². The minimum absolute atomic E-state index is 0.0583. The Morgan fingerprint density at radius 1 is 0.696 bits per heavy atom. The smallest absolute Gasteiger partial charge is 0.459 e. The van der Waals surface area contributed by atoms with Gasteiger partial charge in [0, 0.05) is 42.7 Å². The molecule has 3 aliphatic rings. The molecule has 25 atom stereocenters. The Balaban J connectivity index is 0.000000279. The number of rotatable bonds is 24. The van der Waals surface area contributed by atoms with Gasteiger partial charge in [0.25, 0.3) is 16.7 Å². The van der Waals surface area contributed by atoms with Crippen molar-refractivity contribution in [2.24, 2.45) is 5.92 Å². The lowest BCUT2D eigenvalue weighted by Crippen LogP contribution is -2.45. The zero-order valence-corrected chi connectivity index (χ0v) is 68.4. The second-order valence-electron chi connectivity index (χ2n) is 20.0. The molecule has 3 aliphatic heterocycles. The summed E-state index contributed by atoms with van der Waals surface area (Å²) in [6.07, 6.45) is -6.04. The number of alkyl halides is 3. The van der Waals surface area contributed by atoms with Gasteiger partial charge in [0.1, 0.15) is 35.2 Å². The highest BCUT2D eigenvalue weighted by atomic mass is 33.4. The van der Waals surface area contributed by atoms with Gasteiger partial charge in [0.05, 0.1) is 24.9 Å². The van der Waals surface area contributed by atoms with Crippen LogP contribution < -0.4 is 43.4 Å². The summed E-state index contributed by atoms with van der Waals surface area (Å²) in [5, 5.41) is 32.1. The SMILES string of the molecule is C=C[C@]1(CC)O[C@@H](n2ccc(=O)[nH]c2=O)[C@H](F)[C@@H]1C.C=C[C@]1(CO)O[C@@H](n2ccc(=O)[nH]c2=O)[C@H](F)[C@@H]1O.C=C[C@]1(COP(=O)(N[C@@H](C)C(=O)OC(C)C)Oc2ccccc2)O[C@@H](n2ccc(=O)[nH]c2=O)[C@H](F)[C@@H]1O.P[P-]P(P(P)P)P(P(P)P)P(P(P)P)P(P)P. The molecular weight excluding hydrogens is 1550 g/mol. The van der Waals surface area contributed by atoms with Crippen molar-refractivity contribution in [3.05, 3.63) is 168 Å².